The maximum Gasteiger partial charge on any atom is 0.410 e. The Balaban J connectivity index is 1.97. The quantitative estimate of drug-likeness (QED) is 0.834. The molecule has 0 N–H and O–H groups in total. The second kappa shape index (κ2) is 5.83. The Morgan fingerprint density at radius 3 is 2.29 bits per heavy atom. The molecule has 2 aromatic rings. The van der Waals surface area contributed by atoms with Crippen molar-refractivity contribution in [2.75, 3.05) is 13.7 Å². The minimum absolute atomic E-state index is 0.0751. The number of carbonyl (C=O) groups is 1. The van der Waals surface area contributed by atoms with Crippen molar-refractivity contribution in [1.82, 2.24) is 4.90 Å². The monoisotopic (exact) mass is 279 g/mol. The van der Waals surface area contributed by atoms with Crippen LogP contribution >= 0.6 is 0 Å². The highest BCUT2D eigenvalue weighted by Gasteiger charge is 2.31. The number of methoxy groups -OCH3 is 1. The fourth-order valence-electron chi connectivity index (χ4n) is 2.68. The van der Waals surface area contributed by atoms with Crippen LogP contribution in [0.15, 0.2) is 66.7 Å². The van der Waals surface area contributed by atoms with Crippen LogP contribution in [0.4, 0.5) is 4.79 Å². The first kappa shape index (κ1) is 13.4. The van der Waals surface area contributed by atoms with Gasteiger partial charge < -0.3 is 4.74 Å². The molecule has 1 unspecified atom stereocenters. The number of amides is 1. The fourth-order valence-corrected chi connectivity index (χ4v) is 2.68. The summed E-state index contributed by atoms with van der Waals surface area (Å²) in [7, 11) is 1.42. The Bertz CT molecular complexity index is 649. The number of ether oxygens (including phenoxy) is 1. The molecule has 1 amide bonds. The normalized spacial score (nSPS) is 17.5. The molecule has 1 aliphatic heterocycles. The van der Waals surface area contributed by atoms with E-state index in [0.29, 0.717) is 6.54 Å². The molecule has 0 fully saturated rings. The molecule has 0 saturated carbocycles. The first-order chi connectivity index (χ1) is 10.3. The second-order valence-corrected chi connectivity index (χ2v) is 5.01. The summed E-state index contributed by atoms with van der Waals surface area (Å²) in [4.78, 5) is 13.8. The van der Waals surface area contributed by atoms with E-state index in [1.165, 1.54) is 7.11 Å². The van der Waals surface area contributed by atoms with Gasteiger partial charge in [0.15, 0.2) is 0 Å². The lowest BCUT2D eigenvalue weighted by molar-refractivity contribution is 0.123. The van der Waals surface area contributed by atoms with Crippen LogP contribution in [0.1, 0.15) is 17.2 Å². The van der Waals surface area contributed by atoms with Crippen molar-refractivity contribution in [2.45, 2.75) is 6.04 Å². The number of carbonyl (C=O) groups excluding carboxylic acids is 1. The minimum atomic E-state index is -0.300. The van der Waals surface area contributed by atoms with Gasteiger partial charge in [0.25, 0.3) is 0 Å². The van der Waals surface area contributed by atoms with Crippen LogP contribution in [0.5, 0.6) is 0 Å². The summed E-state index contributed by atoms with van der Waals surface area (Å²) < 4.78 is 4.92. The van der Waals surface area contributed by atoms with Gasteiger partial charge in [-0.3, -0.25) is 4.90 Å². The molecule has 0 spiro atoms. The number of hydrogen-bond donors (Lipinski definition) is 0. The van der Waals surface area contributed by atoms with Crippen molar-refractivity contribution in [3.05, 3.63) is 77.9 Å². The molecule has 2 aromatic carbocycles. The van der Waals surface area contributed by atoms with Gasteiger partial charge in [0.2, 0.25) is 0 Å². The van der Waals surface area contributed by atoms with Crippen LogP contribution in [-0.4, -0.2) is 24.6 Å². The molecule has 0 radical (unpaired) electrons. The molecule has 3 heteroatoms. The van der Waals surface area contributed by atoms with Crippen LogP contribution in [0.2, 0.25) is 0 Å². The maximum atomic E-state index is 12.0. The van der Waals surface area contributed by atoms with Gasteiger partial charge in [-0.1, -0.05) is 66.7 Å². The molecule has 21 heavy (non-hydrogen) atoms. The van der Waals surface area contributed by atoms with E-state index in [0.717, 1.165) is 16.7 Å². The zero-order chi connectivity index (χ0) is 14.7. The van der Waals surface area contributed by atoms with Crippen LogP contribution in [0.25, 0.3) is 5.57 Å². The average molecular weight is 279 g/mol. The number of nitrogens with zero attached hydrogens (tertiary/aromatic N) is 1. The van der Waals surface area contributed by atoms with Gasteiger partial charge in [0.05, 0.1) is 19.7 Å². The average Bonchev–Trinajstić information content (AvgIpc) is 3.01. The van der Waals surface area contributed by atoms with E-state index in [1.807, 2.05) is 48.5 Å². The van der Waals surface area contributed by atoms with Crippen LogP contribution in [-0.2, 0) is 4.74 Å². The Morgan fingerprint density at radius 2 is 1.67 bits per heavy atom. The predicted molar refractivity (Wildman–Crippen MR) is 82.7 cm³/mol. The van der Waals surface area contributed by atoms with E-state index in [2.05, 4.69) is 18.2 Å². The Morgan fingerprint density at radius 1 is 1.05 bits per heavy atom. The van der Waals surface area contributed by atoms with E-state index < -0.39 is 0 Å². The summed E-state index contributed by atoms with van der Waals surface area (Å²) in [5.41, 5.74) is 3.38. The summed E-state index contributed by atoms with van der Waals surface area (Å²) in [6.45, 7) is 0.566. The number of hydrogen-bond acceptors (Lipinski definition) is 2. The predicted octanol–water partition coefficient (Wildman–Crippen LogP) is 3.89. The van der Waals surface area contributed by atoms with E-state index in [-0.39, 0.29) is 12.1 Å². The lowest BCUT2D eigenvalue weighted by Crippen LogP contribution is -2.31. The van der Waals surface area contributed by atoms with Crippen molar-refractivity contribution in [3.8, 4) is 0 Å². The third kappa shape index (κ3) is 2.68. The summed E-state index contributed by atoms with van der Waals surface area (Å²) in [6, 6.07) is 20.1. The molecule has 0 aliphatic carbocycles. The summed E-state index contributed by atoms with van der Waals surface area (Å²) in [5, 5.41) is 0. The van der Waals surface area contributed by atoms with Crippen LogP contribution in [0.3, 0.4) is 0 Å². The van der Waals surface area contributed by atoms with Crippen LogP contribution in [0, 0.1) is 0 Å². The molecule has 3 nitrogen and oxygen atoms in total. The number of benzene rings is 2. The molecule has 106 valence electrons. The van der Waals surface area contributed by atoms with Crippen LogP contribution < -0.4 is 0 Å². The minimum Gasteiger partial charge on any atom is -0.453 e. The molecular weight excluding hydrogens is 262 g/mol. The van der Waals surface area contributed by atoms with Gasteiger partial charge in [-0.25, -0.2) is 4.79 Å². The van der Waals surface area contributed by atoms with Crippen molar-refractivity contribution in [1.29, 1.82) is 0 Å². The van der Waals surface area contributed by atoms with E-state index >= 15 is 0 Å². The van der Waals surface area contributed by atoms with Gasteiger partial charge in [0.1, 0.15) is 0 Å². The van der Waals surface area contributed by atoms with Crippen molar-refractivity contribution in [3.63, 3.8) is 0 Å². The topological polar surface area (TPSA) is 29.5 Å². The van der Waals surface area contributed by atoms with Gasteiger partial charge in [-0.05, 0) is 16.7 Å². The van der Waals surface area contributed by atoms with Crippen molar-refractivity contribution < 1.29 is 9.53 Å². The zero-order valence-corrected chi connectivity index (χ0v) is 11.9. The smallest absolute Gasteiger partial charge is 0.410 e. The molecule has 0 saturated heterocycles. The van der Waals surface area contributed by atoms with E-state index in [4.69, 9.17) is 4.74 Å². The lowest BCUT2D eigenvalue weighted by Gasteiger charge is -2.23. The van der Waals surface area contributed by atoms with E-state index in [1.54, 1.807) is 4.90 Å². The van der Waals surface area contributed by atoms with Gasteiger partial charge >= 0.3 is 6.09 Å². The summed E-state index contributed by atoms with van der Waals surface area (Å²) >= 11 is 0. The first-order valence-corrected chi connectivity index (χ1v) is 6.95. The third-order valence-corrected chi connectivity index (χ3v) is 3.73. The lowest BCUT2D eigenvalue weighted by atomic mass is 10.0. The first-order valence-electron chi connectivity index (χ1n) is 6.95. The zero-order valence-electron chi connectivity index (χ0n) is 11.9. The van der Waals surface area contributed by atoms with Crippen molar-refractivity contribution >= 4 is 11.7 Å². The Kier molecular flexibility index (Phi) is 3.73. The molecular formula is C18H17NO2. The summed E-state index contributed by atoms with van der Waals surface area (Å²) in [6.07, 6.45) is 1.84. The fraction of sp³-hybridized carbons (Fsp3) is 0.167. The van der Waals surface area contributed by atoms with Gasteiger partial charge in [0, 0.05) is 0 Å². The summed E-state index contributed by atoms with van der Waals surface area (Å²) in [5.74, 6) is 0. The largest absolute Gasteiger partial charge is 0.453 e. The Hall–Kier alpha value is -2.55. The Labute approximate surface area is 124 Å². The molecule has 3 rings (SSSR count). The SMILES string of the molecule is COC(=O)N1CC(c2ccccc2)=CC1c1ccccc1. The molecule has 1 atom stereocenters. The second-order valence-electron chi connectivity index (χ2n) is 5.01. The number of rotatable bonds is 2. The van der Waals surface area contributed by atoms with Gasteiger partial charge in [-0.15, -0.1) is 0 Å². The molecule has 1 heterocycles. The third-order valence-electron chi connectivity index (χ3n) is 3.73. The van der Waals surface area contributed by atoms with Crippen molar-refractivity contribution in [2.24, 2.45) is 0 Å². The van der Waals surface area contributed by atoms with Gasteiger partial charge in [-0.2, -0.15) is 0 Å². The molecule has 0 aromatic heterocycles. The van der Waals surface area contributed by atoms with E-state index in [9.17, 15) is 4.79 Å². The highest BCUT2D eigenvalue weighted by Crippen LogP contribution is 2.34. The highest BCUT2D eigenvalue weighted by molar-refractivity contribution is 5.78. The standard InChI is InChI=1S/C18H17NO2/c1-21-18(20)19-13-16(14-8-4-2-5-9-14)12-17(19)15-10-6-3-7-11-15/h2-12,17H,13H2,1H3. The maximum absolute atomic E-state index is 12.0. The molecule has 1 aliphatic rings. The molecule has 0 bridgehead atoms. The highest BCUT2D eigenvalue weighted by atomic mass is 16.5.